The first-order valence-electron chi connectivity index (χ1n) is 5.84. The second kappa shape index (κ2) is 5.09. The zero-order chi connectivity index (χ0) is 14.0. The second-order valence-corrected chi connectivity index (χ2v) is 4.39. The monoisotopic (exact) mass is 267 g/mol. The van der Waals surface area contributed by atoms with Crippen LogP contribution in [-0.4, -0.2) is 44.4 Å². The number of carbonyl (C=O) groups is 2. The van der Waals surface area contributed by atoms with E-state index in [1.807, 2.05) is 4.98 Å². The normalized spacial score (nSPS) is 18.5. The summed E-state index contributed by atoms with van der Waals surface area (Å²) in [6.45, 7) is 0.422. The van der Waals surface area contributed by atoms with Gasteiger partial charge >= 0.3 is 11.7 Å². The lowest BCUT2D eigenvalue weighted by Crippen LogP contribution is -2.39. The minimum absolute atomic E-state index is 0.119. The molecule has 1 unspecified atom stereocenters. The van der Waals surface area contributed by atoms with Gasteiger partial charge in [0.25, 0.3) is 11.5 Å². The Balaban J connectivity index is 2.25. The summed E-state index contributed by atoms with van der Waals surface area (Å²) in [6.07, 6.45) is 1.17. The number of H-pyrrole nitrogens is 2. The van der Waals surface area contributed by atoms with E-state index in [9.17, 15) is 19.2 Å². The fourth-order valence-corrected chi connectivity index (χ4v) is 2.26. The molecule has 2 rings (SSSR count). The van der Waals surface area contributed by atoms with Gasteiger partial charge in [0.2, 0.25) is 0 Å². The van der Waals surface area contributed by atoms with Gasteiger partial charge in [0.15, 0.2) is 0 Å². The topological polar surface area (TPSA) is 123 Å². The predicted octanol–water partition coefficient (Wildman–Crippen LogP) is -0.857. The summed E-state index contributed by atoms with van der Waals surface area (Å²) in [7, 11) is 0. The van der Waals surface area contributed by atoms with Crippen LogP contribution in [0.4, 0.5) is 0 Å². The summed E-state index contributed by atoms with van der Waals surface area (Å²) >= 11 is 0. The van der Waals surface area contributed by atoms with Crippen LogP contribution in [0.3, 0.4) is 0 Å². The highest BCUT2D eigenvalue weighted by Crippen LogP contribution is 2.21. The Hall–Kier alpha value is -2.38. The largest absolute Gasteiger partial charge is 0.481 e. The minimum atomic E-state index is -0.982. The van der Waals surface area contributed by atoms with Crippen LogP contribution in [0.15, 0.2) is 15.7 Å². The number of hydrogen-bond acceptors (Lipinski definition) is 4. The van der Waals surface area contributed by atoms with Gasteiger partial charge in [-0.1, -0.05) is 0 Å². The molecule has 8 nitrogen and oxygen atoms in total. The van der Waals surface area contributed by atoms with Gasteiger partial charge in [-0.3, -0.25) is 19.4 Å². The Labute approximate surface area is 107 Å². The van der Waals surface area contributed by atoms with Crippen molar-refractivity contribution in [3.8, 4) is 0 Å². The summed E-state index contributed by atoms with van der Waals surface area (Å²) in [5, 5.41) is 8.78. The van der Waals surface area contributed by atoms with Gasteiger partial charge in [-0.05, 0) is 12.8 Å². The number of aromatic amines is 2. The summed E-state index contributed by atoms with van der Waals surface area (Å²) in [4.78, 5) is 50.7. The SMILES string of the molecule is O=C(O)CC1CCCN1C(=O)c1cc(=O)[nH]c(=O)[nH]1. The van der Waals surface area contributed by atoms with Crippen LogP contribution >= 0.6 is 0 Å². The van der Waals surface area contributed by atoms with E-state index < -0.39 is 29.2 Å². The molecule has 8 heteroatoms. The zero-order valence-corrected chi connectivity index (χ0v) is 10.0. The van der Waals surface area contributed by atoms with Crippen molar-refractivity contribution in [2.75, 3.05) is 6.54 Å². The number of nitrogens with one attached hydrogen (secondary N) is 2. The van der Waals surface area contributed by atoms with Crippen molar-refractivity contribution in [1.29, 1.82) is 0 Å². The molecule has 2 heterocycles. The number of carbonyl (C=O) groups excluding carboxylic acids is 1. The maximum atomic E-state index is 12.2. The third kappa shape index (κ3) is 2.90. The van der Waals surface area contributed by atoms with Crippen molar-refractivity contribution in [2.45, 2.75) is 25.3 Å². The molecule has 102 valence electrons. The van der Waals surface area contributed by atoms with Gasteiger partial charge in [-0.2, -0.15) is 0 Å². The van der Waals surface area contributed by atoms with E-state index in [0.29, 0.717) is 19.4 Å². The van der Waals surface area contributed by atoms with Gasteiger partial charge in [0, 0.05) is 18.7 Å². The fourth-order valence-electron chi connectivity index (χ4n) is 2.26. The molecule has 0 spiro atoms. The summed E-state index contributed by atoms with van der Waals surface area (Å²) in [5.41, 5.74) is -1.54. The van der Waals surface area contributed by atoms with Gasteiger partial charge in [-0.25, -0.2) is 4.79 Å². The number of carboxylic acids is 1. The van der Waals surface area contributed by atoms with E-state index in [4.69, 9.17) is 5.11 Å². The number of carboxylic acid groups (broad SMARTS) is 1. The van der Waals surface area contributed by atoms with Crippen LogP contribution < -0.4 is 11.2 Å². The Morgan fingerprint density at radius 2 is 2.11 bits per heavy atom. The summed E-state index contributed by atoms with van der Waals surface area (Å²) < 4.78 is 0. The van der Waals surface area contributed by atoms with Crippen LogP contribution in [0.25, 0.3) is 0 Å². The molecule has 0 aromatic carbocycles. The van der Waals surface area contributed by atoms with Crippen LogP contribution in [0.2, 0.25) is 0 Å². The predicted molar refractivity (Wildman–Crippen MR) is 64.0 cm³/mol. The Bertz CT molecular complexity index is 589. The smallest absolute Gasteiger partial charge is 0.326 e. The Morgan fingerprint density at radius 3 is 2.74 bits per heavy atom. The molecule has 1 aromatic rings. The van der Waals surface area contributed by atoms with Gasteiger partial charge in [0.05, 0.1) is 6.42 Å². The highest BCUT2D eigenvalue weighted by Gasteiger charge is 2.31. The Kier molecular flexibility index (Phi) is 3.50. The third-order valence-corrected chi connectivity index (χ3v) is 3.04. The molecule has 3 N–H and O–H groups in total. The molecule has 1 aliphatic rings. The molecular formula is C11H13N3O5. The highest BCUT2D eigenvalue weighted by molar-refractivity contribution is 5.92. The molecule has 1 fully saturated rings. The van der Waals surface area contributed by atoms with Crippen molar-refractivity contribution in [1.82, 2.24) is 14.9 Å². The number of aromatic nitrogens is 2. The average molecular weight is 267 g/mol. The van der Waals surface area contributed by atoms with E-state index >= 15 is 0 Å². The molecule has 1 atom stereocenters. The van der Waals surface area contributed by atoms with E-state index in [0.717, 1.165) is 6.07 Å². The molecule has 19 heavy (non-hydrogen) atoms. The molecule has 1 aromatic heterocycles. The number of likely N-dealkylation sites (tertiary alicyclic amines) is 1. The third-order valence-electron chi connectivity index (χ3n) is 3.04. The quantitative estimate of drug-likeness (QED) is 0.657. The first kappa shape index (κ1) is 13.1. The number of nitrogens with zero attached hydrogens (tertiary/aromatic N) is 1. The number of aliphatic carboxylic acids is 1. The fraction of sp³-hybridized carbons (Fsp3) is 0.455. The highest BCUT2D eigenvalue weighted by atomic mass is 16.4. The van der Waals surface area contributed by atoms with Crippen LogP contribution in [0.1, 0.15) is 29.8 Å². The Morgan fingerprint density at radius 1 is 1.37 bits per heavy atom. The van der Waals surface area contributed by atoms with Gasteiger partial charge in [0.1, 0.15) is 5.69 Å². The van der Waals surface area contributed by atoms with Gasteiger partial charge < -0.3 is 15.0 Å². The van der Waals surface area contributed by atoms with Crippen molar-refractivity contribution in [3.05, 3.63) is 32.6 Å². The molecule has 1 aliphatic heterocycles. The first-order valence-corrected chi connectivity index (χ1v) is 5.84. The number of amides is 1. The maximum absolute atomic E-state index is 12.2. The average Bonchev–Trinajstić information content (AvgIpc) is 2.73. The van der Waals surface area contributed by atoms with Crippen LogP contribution in [0.5, 0.6) is 0 Å². The first-order chi connectivity index (χ1) is 8.97. The maximum Gasteiger partial charge on any atom is 0.326 e. The molecular weight excluding hydrogens is 254 g/mol. The van der Waals surface area contributed by atoms with Crippen molar-refractivity contribution < 1.29 is 14.7 Å². The lowest BCUT2D eigenvalue weighted by Gasteiger charge is -2.23. The number of rotatable bonds is 3. The van der Waals surface area contributed by atoms with E-state index in [2.05, 4.69) is 4.98 Å². The van der Waals surface area contributed by atoms with Crippen molar-refractivity contribution in [2.24, 2.45) is 0 Å². The van der Waals surface area contributed by atoms with Crippen molar-refractivity contribution >= 4 is 11.9 Å². The molecule has 1 saturated heterocycles. The van der Waals surface area contributed by atoms with Gasteiger partial charge in [-0.15, -0.1) is 0 Å². The minimum Gasteiger partial charge on any atom is -0.481 e. The second-order valence-electron chi connectivity index (χ2n) is 4.39. The molecule has 0 bridgehead atoms. The zero-order valence-electron chi connectivity index (χ0n) is 10.0. The molecule has 0 radical (unpaired) electrons. The lowest BCUT2D eigenvalue weighted by atomic mass is 10.1. The van der Waals surface area contributed by atoms with Crippen LogP contribution in [-0.2, 0) is 4.79 Å². The van der Waals surface area contributed by atoms with Crippen molar-refractivity contribution in [3.63, 3.8) is 0 Å². The van der Waals surface area contributed by atoms with E-state index in [1.165, 1.54) is 4.90 Å². The van der Waals surface area contributed by atoms with E-state index in [-0.39, 0.29) is 12.1 Å². The standard InChI is InChI=1S/C11H13N3O5/c15-8-5-7(12-11(19)13-8)10(18)14-3-1-2-6(14)4-9(16)17/h5-6H,1-4H2,(H,16,17)(H2,12,13,15,19). The molecule has 0 aliphatic carbocycles. The van der Waals surface area contributed by atoms with E-state index in [1.54, 1.807) is 0 Å². The molecule has 0 saturated carbocycles. The molecule has 1 amide bonds. The number of hydrogen-bond donors (Lipinski definition) is 3. The summed E-state index contributed by atoms with van der Waals surface area (Å²) in [5.74, 6) is -1.50. The summed E-state index contributed by atoms with van der Waals surface area (Å²) in [6, 6.07) is 0.604. The van der Waals surface area contributed by atoms with Crippen LogP contribution in [0, 0.1) is 0 Å². The lowest BCUT2D eigenvalue weighted by molar-refractivity contribution is -0.137.